The lowest BCUT2D eigenvalue weighted by Gasteiger charge is -2.12. The molecular formula is C15H14N6O3. The number of fused-ring (bicyclic) bond motifs is 1. The minimum atomic E-state index is -0.535. The van der Waals surface area contributed by atoms with Crippen molar-refractivity contribution in [1.29, 1.82) is 0 Å². The Morgan fingerprint density at radius 3 is 2.88 bits per heavy atom. The molecule has 3 aromatic rings. The quantitative estimate of drug-likeness (QED) is 0.544. The van der Waals surface area contributed by atoms with Crippen LogP contribution < -0.4 is 10.6 Å². The predicted molar refractivity (Wildman–Crippen MR) is 86.8 cm³/mol. The molecule has 0 aliphatic carbocycles. The Kier molecular flexibility index (Phi) is 4.06. The summed E-state index contributed by atoms with van der Waals surface area (Å²) in [7, 11) is 1.47. The fraction of sp³-hybridized carbons (Fsp3) is 0.133. The van der Waals surface area contributed by atoms with E-state index in [1.807, 2.05) is 0 Å². The highest BCUT2D eigenvalue weighted by atomic mass is 16.6. The Morgan fingerprint density at radius 1 is 1.29 bits per heavy atom. The number of benzene rings is 1. The number of hydrogen-bond donors (Lipinski definition) is 2. The fourth-order valence-corrected chi connectivity index (χ4v) is 2.33. The van der Waals surface area contributed by atoms with E-state index in [0.717, 1.165) is 5.69 Å². The molecule has 1 aromatic carbocycles. The Hall–Kier alpha value is -3.49. The smallest absolute Gasteiger partial charge is 0.270 e. The minimum absolute atomic E-state index is 0.141. The number of amides is 1. The van der Waals surface area contributed by atoms with Crippen molar-refractivity contribution in [2.45, 2.75) is 6.54 Å². The molecule has 3 rings (SSSR count). The topological polar surface area (TPSA) is 114 Å². The van der Waals surface area contributed by atoms with Gasteiger partial charge in [0, 0.05) is 37.1 Å². The number of rotatable bonds is 5. The van der Waals surface area contributed by atoms with Crippen LogP contribution in [0.3, 0.4) is 0 Å². The second-order valence-electron chi connectivity index (χ2n) is 4.96. The third-order valence-electron chi connectivity index (χ3n) is 3.51. The van der Waals surface area contributed by atoms with Crippen LogP contribution in [0, 0.1) is 10.1 Å². The van der Waals surface area contributed by atoms with Crippen LogP contribution in [0.25, 0.3) is 5.65 Å². The molecule has 24 heavy (non-hydrogen) atoms. The van der Waals surface area contributed by atoms with Gasteiger partial charge < -0.3 is 10.6 Å². The van der Waals surface area contributed by atoms with E-state index in [9.17, 15) is 14.9 Å². The Balaban J connectivity index is 1.90. The van der Waals surface area contributed by atoms with Crippen molar-refractivity contribution < 1.29 is 9.72 Å². The minimum Gasteiger partial charge on any atom is -0.379 e. The SMILES string of the molecule is CNC(=O)c1cc([N+](=O)[O-])ccc1NCc1ccnc2ccnn12. The zero-order valence-electron chi connectivity index (χ0n) is 12.8. The van der Waals surface area contributed by atoms with E-state index in [1.54, 1.807) is 29.0 Å². The van der Waals surface area contributed by atoms with E-state index in [-0.39, 0.29) is 11.3 Å². The molecule has 0 bridgehead atoms. The number of non-ortho nitro benzene ring substituents is 1. The molecule has 0 unspecified atom stereocenters. The van der Waals surface area contributed by atoms with E-state index in [0.29, 0.717) is 17.9 Å². The lowest BCUT2D eigenvalue weighted by Crippen LogP contribution is -2.20. The molecule has 0 aliphatic rings. The molecule has 0 aliphatic heterocycles. The summed E-state index contributed by atoms with van der Waals surface area (Å²) in [4.78, 5) is 26.5. The van der Waals surface area contributed by atoms with E-state index < -0.39 is 10.8 Å². The Morgan fingerprint density at radius 2 is 2.12 bits per heavy atom. The molecule has 9 heteroatoms. The zero-order valence-corrected chi connectivity index (χ0v) is 12.8. The largest absolute Gasteiger partial charge is 0.379 e. The number of hydrogen-bond acceptors (Lipinski definition) is 6. The Bertz CT molecular complexity index is 920. The highest BCUT2D eigenvalue weighted by Crippen LogP contribution is 2.22. The van der Waals surface area contributed by atoms with Crippen LogP contribution in [0.5, 0.6) is 0 Å². The lowest BCUT2D eigenvalue weighted by molar-refractivity contribution is -0.384. The third kappa shape index (κ3) is 2.86. The van der Waals surface area contributed by atoms with E-state index in [1.165, 1.54) is 25.2 Å². The van der Waals surface area contributed by atoms with E-state index >= 15 is 0 Å². The van der Waals surface area contributed by atoms with Crippen molar-refractivity contribution in [2.24, 2.45) is 0 Å². The van der Waals surface area contributed by atoms with E-state index in [2.05, 4.69) is 20.7 Å². The predicted octanol–water partition coefficient (Wildman–Crippen LogP) is 1.61. The van der Waals surface area contributed by atoms with Crippen molar-refractivity contribution in [3.8, 4) is 0 Å². The first-order valence-electron chi connectivity index (χ1n) is 7.12. The van der Waals surface area contributed by atoms with Gasteiger partial charge in [-0.3, -0.25) is 14.9 Å². The summed E-state index contributed by atoms with van der Waals surface area (Å²) in [5.41, 5.74) is 2.11. The number of carbonyl (C=O) groups is 1. The number of nitro benzene ring substituents is 1. The van der Waals surface area contributed by atoms with Gasteiger partial charge in [0.15, 0.2) is 5.65 Å². The second kappa shape index (κ2) is 6.32. The number of nitrogens with zero attached hydrogens (tertiary/aromatic N) is 4. The van der Waals surface area contributed by atoms with Gasteiger partial charge in [0.05, 0.1) is 28.9 Å². The van der Waals surface area contributed by atoms with Crippen LogP contribution in [0.15, 0.2) is 42.7 Å². The van der Waals surface area contributed by atoms with Gasteiger partial charge in [0.2, 0.25) is 0 Å². The van der Waals surface area contributed by atoms with Gasteiger partial charge in [0.25, 0.3) is 11.6 Å². The molecular weight excluding hydrogens is 312 g/mol. The monoisotopic (exact) mass is 326 g/mol. The average molecular weight is 326 g/mol. The molecule has 0 atom stereocenters. The molecule has 0 saturated heterocycles. The maximum absolute atomic E-state index is 12.0. The lowest BCUT2D eigenvalue weighted by atomic mass is 10.1. The zero-order chi connectivity index (χ0) is 17.1. The number of nitrogens with one attached hydrogen (secondary N) is 2. The van der Waals surface area contributed by atoms with Crippen molar-refractivity contribution in [3.63, 3.8) is 0 Å². The molecule has 0 saturated carbocycles. The number of aromatic nitrogens is 3. The van der Waals surface area contributed by atoms with Gasteiger partial charge in [-0.25, -0.2) is 9.50 Å². The number of nitro groups is 1. The van der Waals surface area contributed by atoms with E-state index in [4.69, 9.17) is 0 Å². The van der Waals surface area contributed by atoms with Gasteiger partial charge in [-0.15, -0.1) is 0 Å². The second-order valence-corrected chi connectivity index (χ2v) is 4.96. The standard InChI is InChI=1S/C15H14N6O3/c1-16-15(22)12-8-10(21(23)24)2-3-13(12)18-9-11-4-6-17-14-5-7-19-20(11)14/h2-8,18H,9H2,1H3,(H,16,22). The van der Waals surface area contributed by atoms with Crippen LogP contribution in [0.4, 0.5) is 11.4 Å². The highest BCUT2D eigenvalue weighted by molar-refractivity contribution is 6.00. The summed E-state index contributed by atoms with van der Waals surface area (Å²) in [6.45, 7) is 0.377. The van der Waals surface area contributed by atoms with Gasteiger partial charge in [-0.2, -0.15) is 5.10 Å². The fourth-order valence-electron chi connectivity index (χ4n) is 2.33. The van der Waals surface area contributed by atoms with Gasteiger partial charge in [-0.1, -0.05) is 0 Å². The normalized spacial score (nSPS) is 10.5. The van der Waals surface area contributed by atoms with Crippen LogP contribution in [-0.2, 0) is 6.54 Å². The molecule has 1 amide bonds. The molecule has 122 valence electrons. The Labute approximate surface area is 136 Å². The molecule has 2 heterocycles. The summed E-state index contributed by atoms with van der Waals surface area (Å²) in [5.74, 6) is -0.403. The summed E-state index contributed by atoms with van der Waals surface area (Å²) in [6, 6.07) is 7.70. The molecule has 9 nitrogen and oxygen atoms in total. The van der Waals surface area contributed by atoms with Gasteiger partial charge in [0.1, 0.15) is 0 Å². The third-order valence-corrected chi connectivity index (χ3v) is 3.51. The summed E-state index contributed by atoms with van der Waals surface area (Å²) < 4.78 is 1.68. The van der Waals surface area contributed by atoms with Crippen LogP contribution >= 0.6 is 0 Å². The highest BCUT2D eigenvalue weighted by Gasteiger charge is 2.16. The first kappa shape index (κ1) is 15.4. The first-order valence-corrected chi connectivity index (χ1v) is 7.12. The molecule has 2 N–H and O–H groups in total. The van der Waals surface area contributed by atoms with Crippen molar-refractivity contribution >= 4 is 22.9 Å². The van der Waals surface area contributed by atoms with Crippen LogP contribution in [0.1, 0.15) is 16.1 Å². The van der Waals surface area contributed by atoms with Gasteiger partial charge in [-0.05, 0) is 12.1 Å². The van der Waals surface area contributed by atoms with Crippen molar-refractivity contribution in [2.75, 3.05) is 12.4 Å². The van der Waals surface area contributed by atoms with Crippen molar-refractivity contribution in [3.05, 3.63) is 64.1 Å². The first-order chi connectivity index (χ1) is 11.6. The van der Waals surface area contributed by atoms with Crippen molar-refractivity contribution in [1.82, 2.24) is 19.9 Å². The van der Waals surface area contributed by atoms with Crippen LogP contribution in [0.2, 0.25) is 0 Å². The number of carbonyl (C=O) groups excluding carboxylic acids is 1. The maximum atomic E-state index is 12.0. The summed E-state index contributed by atoms with van der Waals surface area (Å²) in [6.07, 6.45) is 3.32. The summed E-state index contributed by atoms with van der Waals surface area (Å²) in [5, 5.41) is 20.7. The van der Waals surface area contributed by atoms with Gasteiger partial charge >= 0.3 is 0 Å². The molecule has 0 fully saturated rings. The molecule has 0 spiro atoms. The van der Waals surface area contributed by atoms with Crippen LogP contribution in [-0.4, -0.2) is 32.5 Å². The maximum Gasteiger partial charge on any atom is 0.270 e. The molecule has 0 radical (unpaired) electrons. The number of anilines is 1. The molecule has 2 aromatic heterocycles. The summed E-state index contributed by atoms with van der Waals surface area (Å²) >= 11 is 0. The average Bonchev–Trinajstić information content (AvgIpc) is 3.08.